The van der Waals surface area contributed by atoms with E-state index in [1.165, 1.54) is 21.3 Å². The molecule has 0 amide bonds. The van der Waals surface area contributed by atoms with Crippen molar-refractivity contribution >= 4 is 16.9 Å². The number of ether oxygens (including phenoxy) is 3. The lowest BCUT2D eigenvalue weighted by molar-refractivity contribution is -0.140. The number of fused-ring (bicyclic) bond motifs is 1. The van der Waals surface area contributed by atoms with Crippen LogP contribution >= 0.6 is 0 Å². The third-order valence-electron chi connectivity index (χ3n) is 6.56. The van der Waals surface area contributed by atoms with Crippen LogP contribution in [0.15, 0.2) is 59.5 Å². The minimum Gasteiger partial charge on any atom is -0.507 e. The van der Waals surface area contributed by atoms with E-state index in [-0.39, 0.29) is 23.3 Å². The molecule has 0 bridgehead atoms. The van der Waals surface area contributed by atoms with Crippen LogP contribution < -0.4 is 15.0 Å². The van der Waals surface area contributed by atoms with Crippen molar-refractivity contribution in [2.75, 3.05) is 21.3 Å². The zero-order valence-electron chi connectivity index (χ0n) is 20.8. The van der Waals surface area contributed by atoms with Crippen LogP contribution in [-0.2, 0) is 22.5 Å². The number of para-hydroxylation sites is 1. The molecule has 4 rings (SSSR count). The molecule has 1 atom stereocenters. The summed E-state index contributed by atoms with van der Waals surface area (Å²) in [5.41, 5.74) is 3.17. The molecule has 8 heteroatoms. The van der Waals surface area contributed by atoms with E-state index in [4.69, 9.17) is 14.2 Å². The molecule has 1 unspecified atom stereocenters. The van der Waals surface area contributed by atoms with Crippen molar-refractivity contribution in [1.29, 1.82) is 0 Å². The Morgan fingerprint density at radius 2 is 1.81 bits per heavy atom. The van der Waals surface area contributed by atoms with Crippen molar-refractivity contribution < 1.29 is 24.1 Å². The lowest BCUT2D eigenvalue weighted by atomic mass is 9.88. The number of methoxy groups -OCH3 is 3. The molecule has 0 fully saturated rings. The van der Waals surface area contributed by atoms with Gasteiger partial charge in [-0.05, 0) is 48.7 Å². The number of aromatic hydroxyl groups is 1. The molecular formula is C28H30N2O6. The fraction of sp³-hybridized carbons (Fsp3) is 0.286. The fourth-order valence-corrected chi connectivity index (χ4v) is 4.65. The van der Waals surface area contributed by atoms with Crippen LogP contribution in [0.5, 0.6) is 17.2 Å². The number of hydrogen-bond acceptors (Lipinski definition) is 6. The molecule has 2 heterocycles. The maximum Gasteiger partial charge on any atom is 0.306 e. The Hall–Kier alpha value is -4.20. The van der Waals surface area contributed by atoms with E-state index in [9.17, 15) is 14.7 Å². The van der Waals surface area contributed by atoms with Gasteiger partial charge in [0.2, 0.25) is 0 Å². The van der Waals surface area contributed by atoms with Gasteiger partial charge in [-0.15, -0.1) is 0 Å². The Morgan fingerprint density at radius 1 is 1.06 bits per heavy atom. The van der Waals surface area contributed by atoms with Crippen LogP contribution in [0.1, 0.15) is 34.7 Å². The summed E-state index contributed by atoms with van der Waals surface area (Å²) in [7, 11) is 4.34. The van der Waals surface area contributed by atoms with Crippen LogP contribution in [0.3, 0.4) is 0 Å². The largest absolute Gasteiger partial charge is 0.507 e. The third-order valence-corrected chi connectivity index (χ3v) is 6.56. The Bertz CT molecular complexity index is 1450. The summed E-state index contributed by atoms with van der Waals surface area (Å²) in [5, 5.41) is 12.0. The van der Waals surface area contributed by atoms with Crippen molar-refractivity contribution in [2.24, 2.45) is 0 Å². The first kappa shape index (κ1) is 24.9. The van der Waals surface area contributed by atoms with Crippen LogP contribution in [0, 0.1) is 6.92 Å². The number of benzene rings is 2. The summed E-state index contributed by atoms with van der Waals surface area (Å²) >= 11 is 0. The van der Waals surface area contributed by atoms with Gasteiger partial charge in [0.15, 0.2) is 11.5 Å². The molecule has 0 spiro atoms. The maximum atomic E-state index is 13.8. The van der Waals surface area contributed by atoms with Gasteiger partial charge < -0.3 is 28.9 Å². The van der Waals surface area contributed by atoms with E-state index >= 15 is 0 Å². The summed E-state index contributed by atoms with van der Waals surface area (Å²) in [4.78, 5) is 29.4. The van der Waals surface area contributed by atoms with Gasteiger partial charge in [-0.1, -0.05) is 24.3 Å². The van der Waals surface area contributed by atoms with Gasteiger partial charge >= 0.3 is 5.97 Å². The molecule has 0 radical (unpaired) electrons. The normalized spacial score (nSPS) is 11.9. The minimum atomic E-state index is -0.746. The summed E-state index contributed by atoms with van der Waals surface area (Å²) in [6, 6.07) is 14.7. The predicted octanol–water partition coefficient (Wildman–Crippen LogP) is 4.30. The van der Waals surface area contributed by atoms with Gasteiger partial charge in [0.05, 0.1) is 33.3 Å². The van der Waals surface area contributed by atoms with Gasteiger partial charge in [0.1, 0.15) is 5.75 Å². The number of H-pyrrole nitrogens is 1. The topological polar surface area (TPSA) is 103 Å². The molecule has 0 saturated heterocycles. The lowest BCUT2D eigenvalue weighted by Crippen LogP contribution is -2.29. The number of pyridine rings is 1. The summed E-state index contributed by atoms with van der Waals surface area (Å²) in [6.45, 7) is 2.20. The van der Waals surface area contributed by atoms with Gasteiger partial charge in [-0.2, -0.15) is 0 Å². The molecule has 0 aliphatic heterocycles. The molecule has 188 valence electrons. The molecule has 8 nitrogen and oxygen atoms in total. The van der Waals surface area contributed by atoms with Crippen molar-refractivity contribution in [2.45, 2.75) is 32.2 Å². The quantitative estimate of drug-likeness (QED) is 0.339. The number of carbonyl (C=O) groups is 1. The number of nitrogens with zero attached hydrogens (tertiary/aromatic N) is 1. The monoisotopic (exact) mass is 490 g/mol. The SMILES string of the molecule is COC(=O)CC(c1ccc(OC)c(OC)c1)c1c(O)cc(C)n(CCc2c[nH]c3ccccc23)c1=O. The molecule has 2 N–H and O–H groups in total. The van der Waals surface area contributed by atoms with Crippen LogP contribution in [-0.4, -0.2) is 42.0 Å². The highest BCUT2D eigenvalue weighted by Crippen LogP contribution is 2.37. The van der Waals surface area contributed by atoms with Crippen molar-refractivity contribution in [3.63, 3.8) is 0 Å². The minimum absolute atomic E-state index is 0.125. The third kappa shape index (κ3) is 4.79. The second kappa shape index (κ2) is 10.6. The molecule has 0 saturated carbocycles. The molecule has 0 aliphatic carbocycles. The van der Waals surface area contributed by atoms with Crippen LogP contribution in [0.4, 0.5) is 0 Å². The molecule has 2 aromatic heterocycles. The highest BCUT2D eigenvalue weighted by Gasteiger charge is 2.27. The standard InChI is InChI=1S/C28H30N2O6/c1-17-13-23(31)27(21(15-26(32)36-4)18-9-10-24(34-2)25(14-18)35-3)28(33)30(17)12-11-19-16-29-22-8-6-5-7-20(19)22/h5-10,13-14,16,21,29,31H,11-12,15H2,1-4H3. The molecule has 0 aliphatic rings. The number of hydrogen-bond donors (Lipinski definition) is 2. The van der Waals surface area contributed by atoms with E-state index in [2.05, 4.69) is 4.98 Å². The van der Waals surface area contributed by atoms with E-state index in [0.29, 0.717) is 35.7 Å². The van der Waals surface area contributed by atoms with E-state index < -0.39 is 11.9 Å². The summed E-state index contributed by atoms with van der Waals surface area (Å²) in [6.07, 6.45) is 2.45. The zero-order valence-corrected chi connectivity index (χ0v) is 20.8. The van der Waals surface area contributed by atoms with Crippen molar-refractivity contribution in [3.05, 3.63) is 87.5 Å². The number of aromatic nitrogens is 2. The summed E-state index contributed by atoms with van der Waals surface area (Å²) in [5.74, 6) is -0.438. The Labute approximate surface area is 209 Å². The molecule has 36 heavy (non-hydrogen) atoms. The van der Waals surface area contributed by atoms with Crippen molar-refractivity contribution in [3.8, 4) is 17.2 Å². The van der Waals surface area contributed by atoms with Gasteiger partial charge in [-0.25, -0.2) is 0 Å². The van der Waals surface area contributed by atoms with E-state index in [1.54, 1.807) is 35.8 Å². The Balaban J connectivity index is 1.77. The second-order valence-electron chi connectivity index (χ2n) is 8.60. The highest BCUT2D eigenvalue weighted by atomic mass is 16.5. The first-order valence-electron chi connectivity index (χ1n) is 11.6. The number of aromatic amines is 1. The first-order chi connectivity index (χ1) is 17.4. The molecule has 2 aromatic carbocycles. The second-order valence-corrected chi connectivity index (χ2v) is 8.60. The smallest absolute Gasteiger partial charge is 0.306 e. The fourth-order valence-electron chi connectivity index (χ4n) is 4.65. The van der Waals surface area contributed by atoms with Crippen LogP contribution in [0.2, 0.25) is 0 Å². The average molecular weight is 491 g/mol. The Morgan fingerprint density at radius 3 is 2.53 bits per heavy atom. The van der Waals surface area contributed by atoms with E-state index in [0.717, 1.165) is 16.5 Å². The number of esters is 1. The number of aryl methyl sites for hydroxylation is 2. The maximum absolute atomic E-state index is 13.8. The molecular weight excluding hydrogens is 460 g/mol. The first-order valence-corrected chi connectivity index (χ1v) is 11.6. The van der Waals surface area contributed by atoms with Gasteiger partial charge in [0, 0.05) is 35.3 Å². The van der Waals surface area contributed by atoms with Gasteiger partial charge in [0.25, 0.3) is 5.56 Å². The van der Waals surface area contributed by atoms with Crippen LogP contribution in [0.25, 0.3) is 10.9 Å². The van der Waals surface area contributed by atoms with E-state index in [1.807, 2.05) is 30.5 Å². The number of carbonyl (C=O) groups excluding carboxylic acids is 1. The predicted molar refractivity (Wildman–Crippen MR) is 137 cm³/mol. The van der Waals surface area contributed by atoms with Crippen molar-refractivity contribution in [1.82, 2.24) is 9.55 Å². The number of rotatable bonds is 9. The summed E-state index contributed by atoms with van der Waals surface area (Å²) < 4.78 is 17.3. The van der Waals surface area contributed by atoms with Gasteiger partial charge in [-0.3, -0.25) is 9.59 Å². The zero-order chi connectivity index (χ0) is 25.8. The Kier molecular flexibility index (Phi) is 7.33. The highest BCUT2D eigenvalue weighted by molar-refractivity contribution is 5.83. The average Bonchev–Trinajstić information content (AvgIpc) is 3.30. The molecule has 4 aromatic rings. The lowest BCUT2D eigenvalue weighted by Gasteiger charge is -2.21. The number of nitrogens with one attached hydrogen (secondary N) is 1.